The fourth-order valence-electron chi connectivity index (χ4n) is 4.84. The molecule has 5 nitrogen and oxygen atoms in total. The molecule has 2 fully saturated rings. The van der Waals surface area contributed by atoms with Crippen LogP contribution in [0.2, 0.25) is 10.0 Å². The SMILES string of the molecule is N#Cc1cc(N2CCC(N3CCCCC3)CC2)cc(NCc2ccc(Cl)cc2Cl)c1C=N. The van der Waals surface area contributed by atoms with E-state index in [0.717, 1.165) is 42.9 Å². The molecule has 4 rings (SSSR count). The van der Waals surface area contributed by atoms with Crippen molar-refractivity contribution in [2.45, 2.75) is 44.7 Å². The van der Waals surface area contributed by atoms with Crippen LogP contribution >= 0.6 is 23.2 Å². The first kappa shape index (κ1) is 22.9. The van der Waals surface area contributed by atoms with Crippen LogP contribution in [0.5, 0.6) is 0 Å². The van der Waals surface area contributed by atoms with Gasteiger partial charge in [-0.25, -0.2) is 0 Å². The Morgan fingerprint density at radius 2 is 1.81 bits per heavy atom. The molecule has 2 N–H and O–H groups in total. The van der Waals surface area contributed by atoms with Crippen LogP contribution in [-0.4, -0.2) is 43.3 Å². The maximum Gasteiger partial charge on any atom is 0.1000 e. The molecule has 0 bridgehead atoms. The number of rotatable bonds is 6. The first-order chi connectivity index (χ1) is 15.6. The van der Waals surface area contributed by atoms with Gasteiger partial charge in [-0.05, 0) is 68.6 Å². The Hall–Kier alpha value is -2.26. The highest BCUT2D eigenvalue weighted by Crippen LogP contribution is 2.31. The molecule has 2 aliphatic heterocycles. The van der Waals surface area contributed by atoms with Gasteiger partial charge in [-0.2, -0.15) is 5.26 Å². The quantitative estimate of drug-likeness (QED) is 0.514. The Labute approximate surface area is 200 Å². The highest BCUT2D eigenvalue weighted by atomic mass is 35.5. The maximum atomic E-state index is 9.73. The molecule has 32 heavy (non-hydrogen) atoms. The third-order valence-electron chi connectivity index (χ3n) is 6.65. The van der Waals surface area contributed by atoms with E-state index in [9.17, 15) is 5.26 Å². The monoisotopic (exact) mass is 469 g/mol. The van der Waals surface area contributed by atoms with Crippen molar-refractivity contribution in [1.82, 2.24) is 4.90 Å². The summed E-state index contributed by atoms with van der Waals surface area (Å²) in [5.74, 6) is 0. The van der Waals surface area contributed by atoms with Gasteiger partial charge in [0.25, 0.3) is 0 Å². The first-order valence-electron chi connectivity index (χ1n) is 11.3. The lowest BCUT2D eigenvalue weighted by molar-refractivity contribution is 0.141. The van der Waals surface area contributed by atoms with Crippen LogP contribution in [-0.2, 0) is 6.54 Å². The number of nitrogens with one attached hydrogen (secondary N) is 2. The van der Waals surface area contributed by atoms with Gasteiger partial charge < -0.3 is 20.5 Å². The number of nitriles is 1. The van der Waals surface area contributed by atoms with E-state index in [1.165, 1.54) is 38.6 Å². The summed E-state index contributed by atoms with van der Waals surface area (Å²) in [4.78, 5) is 5.04. The number of piperidine rings is 2. The van der Waals surface area contributed by atoms with Crippen LogP contribution in [0.3, 0.4) is 0 Å². The van der Waals surface area contributed by atoms with E-state index in [0.29, 0.717) is 33.8 Å². The van der Waals surface area contributed by atoms with E-state index < -0.39 is 0 Å². The summed E-state index contributed by atoms with van der Waals surface area (Å²) in [5, 5.41) is 22.2. The van der Waals surface area contributed by atoms with Crippen LogP contribution in [0, 0.1) is 16.7 Å². The average molecular weight is 470 g/mol. The fraction of sp³-hybridized carbons (Fsp3) is 0.440. The number of anilines is 2. The summed E-state index contributed by atoms with van der Waals surface area (Å²) >= 11 is 12.3. The Morgan fingerprint density at radius 1 is 1.06 bits per heavy atom. The van der Waals surface area contributed by atoms with Gasteiger partial charge in [-0.3, -0.25) is 0 Å². The van der Waals surface area contributed by atoms with Crippen molar-refractivity contribution in [2.75, 3.05) is 36.4 Å². The van der Waals surface area contributed by atoms with E-state index >= 15 is 0 Å². The molecule has 0 aliphatic carbocycles. The molecule has 2 heterocycles. The van der Waals surface area contributed by atoms with Crippen LogP contribution in [0.1, 0.15) is 48.8 Å². The molecule has 2 aromatic rings. The van der Waals surface area contributed by atoms with Crippen LogP contribution in [0.4, 0.5) is 11.4 Å². The lowest BCUT2D eigenvalue weighted by Crippen LogP contribution is -2.46. The van der Waals surface area contributed by atoms with E-state index in [2.05, 4.69) is 27.3 Å². The average Bonchev–Trinajstić information content (AvgIpc) is 2.83. The van der Waals surface area contributed by atoms with Gasteiger partial charge in [0, 0.05) is 58.9 Å². The minimum Gasteiger partial charge on any atom is -0.380 e. The van der Waals surface area contributed by atoms with Crippen molar-refractivity contribution in [2.24, 2.45) is 0 Å². The molecule has 7 heteroatoms. The molecule has 0 radical (unpaired) electrons. The minimum atomic E-state index is 0.488. The van der Waals surface area contributed by atoms with Crippen molar-refractivity contribution in [3.8, 4) is 6.07 Å². The van der Waals surface area contributed by atoms with Gasteiger partial charge in [0.15, 0.2) is 0 Å². The molecule has 2 aliphatic rings. The largest absolute Gasteiger partial charge is 0.380 e. The molecule has 2 saturated heterocycles. The summed E-state index contributed by atoms with van der Waals surface area (Å²) in [5.41, 5.74) is 3.84. The zero-order valence-corrected chi connectivity index (χ0v) is 19.7. The summed E-state index contributed by atoms with van der Waals surface area (Å²) in [6, 6.07) is 12.4. The molecule has 0 saturated carbocycles. The lowest BCUT2D eigenvalue weighted by Gasteiger charge is -2.41. The van der Waals surface area contributed by atoms with E-state index in [4.69, 9.17) is 28.6 Å². The Balaban J connectivity index is 1.50. The fourth-order valence-corrected chi connectivity index (χ4v) is 5.32. The summed E-state index contributed by atoms with van der Waals surface area (Å²) in [7, 11) is 0. The second-order valence-corrected chi connectivity index (χ2v) is 9.46. The zero-order chi connectivity index (χ0) is 22.5. The first-order valence-corrected chi connectivity index (χ1v) is 12.1. The highest BCUT2D eigenvalue weighted by molar-refractivity contribution is 6.35. The Kier molecular flexibility index (Phi) is 7.57. The van der Waals surface area contributed by atoms with Gasteiger partial charge in [0.1, 0.15) is 0 Å². The molecular formula is C25H29Cl2N5. The van der Waals surface area contributed by atoms with Gasteiger partial charge in [-0.15, -0.1) is 0 Å². The van der Waals surface area contributed by atoms with Crippen LogP contribution < -0.4 is 10.2 Å². The Bertz CT molecular complexity index is 1000. The molecule has 0 spiro atoms. The number of hydrogen-bond acceptors (Lipinski definition) is 5. The van der Waals surface area contributed by atoms with Crippen molar-refractivity contribution in [1.29, 1.82) is 10.7 Å². The number of hydrogen-bond donors (Lipinski definition) is 2. The van der Waals surface area contributed by atoms with Gasteiger partial charge in [0.2, 0.25) is 0 Å². The van der Waals surface area contributed by atoms with E-state index in [-0.39, 0.29) is 0 Å². The second-order valence-electron chi connectivity index (χ2n) is 8.61. The maximum absolute atomic E-state index is 9.73. The predicted octanol–water partition coefficient (Wildman–Crippen LogP) is 5.93. The normalized spacial score (nSPS) is 17.7. The third-order valence-corrected chi connectivity index (χ3v) is 7.24. The number of halogens is 2. The summed E-state index contributed by atoms with van der Waals surface area (Å²) < 4.78 is 0. The van der Waals surface area contributed by atoms with E-state index in [1.54, 1.807) is 6.07 Å². The summed E-state index contributed by atoms with van der Waals surface area (Å²) in [6.45, 7) is 4.93. The van der Waals surface area contributed by atoms with Crippen molar-refractivity contribution in [3.05, 3.63) is 57.1 Å². The van der Waals surface area contributed by atoms with E-state index in [1.807, 2.05) is 18.2 Å². The molecule has 0 aromatic heterocycles. The standard InChI is InChI=1S/C25H29Cl2N5/c26-20-5-4-18(24(27)13-20)17-30-25-14-22(12-19(15-28)23(25)16-29)32-10-6-21(7-11-32)31-8-2-1-3-9-31/h4-5,12-14,16,21,29-30H,1-3,6-11,17H2. The van der Waals surface area contributed by atoms with Gasteiger partial charge >= 0.3 is 0 Å². The highest BCUT2D eigenvalue weighted by Gasteiger charge is 2.26. The number of likely N-dealkylation sites (tertiary alicyclic amines) is 1. The van der Waals surface area contributed by atoms with Gasteiger partial charge in [0.05, 0.1) is 11.6 Å². The molecule has 168 valence electrons. The number of benzene rings is 2. The van der Waals surface area contributed by atoms with Crippen molar-refractivity contribution in [3.63, 3.8) is 0 Å². The topological polar surface area (TPSA) is 66.2 Å². The molecule has 0 atom stereocenters. The molecule has 0 amide bonds. The third kappa shape index (κ3) is 5.20. The van der Waals surface area contributed by atoms with Crippen LogP contribution in [0.25, 0.3) is 0 Å². The predicted molar refractivity (Wildman–Crippen MR) is 133 cm³/mol. The zero-order valence-electron chi connectivity index (χ0n) is 18.2. The lowest BCUT2D eigenvalue weighted by atomic mass is 9.98. The van der Waals surface area contributed by atoms with Crippen molar-refractivity contribution < 1.29 is 0 Å². The van der Waals surface area contributed by atoms with Gasteiger partial charge in [-0.1, -0.05) is 35.7 Å². The van der Waals surface area contributed by atoms with Crippen molar-refractivity contribution >= 4 is 40.8 Å². The smallest absolute Gasteiger partial charge is 0.1000 e. The van der Waals surface area contributed by atoms with Crippen LogP contribution in [0.15, 0.2) is 30.3 Å². The molecular weight excluding hydrogens is 441 g/mol. The number of nitrogens with zero attached hydrogens (tertiary/aromatic N) is 3. The molecule has 2 aromatic carbocycles. The second kappa shape index (κ2) is 10.6. The Morgan fingerprint density at radius 3 is 2.47 bits per heavy atom. The minimum absolute atomic E-state index is 0.488. The summed E-state index contributed by atoms with van der Waals surface area (Å²) in [6.07, 6.45) is 7.56. The molecule has 0 unspecified atom stereocenters.